The molecule has 2 rings (SSSR count). The molecular weight excluding hydrogens is 296 g/mol. The average molecular weight is 303 g/mol. The highest BCUT2D eigenvalue weighted by Gasteiger charge is 2.17. The highest BCUT2D eigenvalue weighted by molar-refractivity contribution is 9.10. The van der Waals surface area contributed by atoms with E-state index < -0.39 is 10.0 Å². The van der Waals surface area contributed by atoms with Crippen molar-refractivity contribution in [2.75, 3.05) is 0 Å². The van der Waals surface area contributed by atoms with E-state index in [2.05, 4.69) is 20.9 Å². The number of nitrogens with two attached hydrogens (primary N) is 1. The first-order valence-corrected chi connectivity index (χ1v) is 6.53. The largest absolute Gasteiger partial charge is 0.506 e. The molecule has 0 spiro atoms. The Morgan fingerprint density at radius 1 is 1.38 bits per heavy atom. The van der Waals surface area contributed by atoms with Gasteiger partial charge in [0.2, 0.25) is 10.0 Å². The lowest BCUT2D eigenvalue weighted by Gasteiger charge is -2.05. The Bertz CT molecular complexity index is 670. The summed E-state index contributed by atoms with van der Waals surface area (Å²) in [6, 6.07) is 4.98. The molecule has 1 aromatic heterocycles. The number of rotatable bonds is 1. The third-order valence-electron chi connectivity index (χ3n) is 2.07. The molecular formula is C9H7BrN2O3S. The van der Waals surface area contributed by atoms with Crippen LogP contribution in [0.5, 0.6) is 5.75 Å². The fourth-order valence-corrected chi connectivity index (χ4v) is 2.28. The molecule has 2 aromatic rings. The van der Waals surface area contributed by atoms with E-state index in [0.29, 0.717) is 15.4 Å². The molecule has 0 atom stereocenters. The van der Waals surface area contributed by atoms with Gasteiger partial charge in [0.15, 0.2) is 0 Å². The van der Waals surface area contributed by atoms with Crippen LogP contribution in [0, 0.1) is 0 Å². The Hall–Kier alpha value is -1.18. The van der Waals surface area contributed by atoms with Crippen molar-refractivity contribution in [3.8, 4) is 5.75 Å². The number of aromatic hydroxyl groups is 1. The second kappa shape index (κ2) is 3.69. The van der Waals surface area contributed by atoms with Crippen LogP contribution in [-0.4, -0.2) is 18.5 Å². The lowest BCUT2D eigenvalue weighted by molar-refractivity contribution is 0.464. The van der Waals surface area contributed by atoms with Gasteiger partial charge >= 0.3 is 0 Å². The summed E-state index contributed by atoms with van der Waals surface area (Å²) in [6.45, 7) is 0. The number of pyridine rings is 1. The number of halogens is 1. The normalized spacial score (nSPS) is 11.9. The first-order valence-electron chi connectivity index (χ1n) is 4.19. The summed E-state index contributed by atoms with van der Waals surface area (Å²) in [5.41, 5.74) is 0.494. The van der Waals surface area contributed by atoms with Crippen LogP contribution in [0.1, 0.15) is 0 Å². The molecule has 0 saturated heterocycles. The smallest absolute Gasteiger partial charge is 0.243 e. The van der Waals surface area contributed by atoms with Crippen molar-refractivity contribution < 1.29 is 13.5 Å². The van der Waals surface area contributed by atoms with Gasteiger partial charge < -0.3 is 5.11 Å². The Balaban J connectivity index is 2.89. The maximum atomic E-state index is 11.1. The van der Waals surface area contributed by atoms with Crippen LogP contribution < -0.4 is 5.14 Å². The van der Waals surface area contributed by atoms with E-state index in [-0.39, 0.29) is 10.6 Å². The van der Waals surface area contributed by atoms with E-state index >= 15 is 0 Å². The number of hydrogen-bond acceptors (Lipinski definition) is 4. The maximum absolute atomic E-state index is 11.1. The van der Waals surface area contributed by atoms with E-state index in [1.807, 2.05) is 0 Å². The first kappa shape index (κ1) is 11.3. The van der Waals surface area contributed by atoms with Gasteiger partial charge in [-0.2, -0.15) is 0 Å². The maximum Gasteiger partial charge on any atom is 0.243 e. The van der Waals surface area contributed by atoms with Crippen LogP contribution >= 0.6 is 15.9 Å². The molecule has 7 heteroatoms. The van der Waals surface area contributed by atoms with Crippen molar-refractivity contribution in [1.82, 2.24) is 4.98 Å². The Morgan fingerprint density at radius 3 is 2.69 bits per heavy atom. The minimum atomic E-state index is -3.97. The van der Waals surface area contributed by atoms with Crippen LogP contribution in [0.2, 0.25) is 0 Å². The zero-order valence-corrected chi connectivity index (χ0v) is 10.3. The van der Waals surface area contributed by atoms with Crippen LogP contribution in [0.4, 0.5) is 0 Å². The molecule has 5 nitrogen and oxygen atoms in total. The number of aromatic nitrogens is 1. The monoisotopic (exact) mass is 302 g/mol. The summed E-state index contributed by atoms with van der Waals surface area (Å²) >= 11 is 3.22. The highest BCUT2D eigenvalue weighted by Crippen LogP contribution is 2.31. The molecule has 0 aliphatic rings. The number of fused-ring (bicyclic) bond motifs is 1. The van der Waals surface area contributed by atoms with E-state index in [4.69, 9.17) is 5.14 Å². The van der Waals surface area contributed by atoms with Crippen LogP contribution in [0.15, 0.2) is 33.8 Å². The van der Waals surface area contributed by atoms with E-state index in [0.717, 1.165) is 6.20 Å². The minimum Gasteiger partial charge on any atom is -0.506 e. The number of sulfonamides is 1. The van der Waals surface area contributed by atoms with Crippen molar-refractivity contribution >= 4 is 36.9 Å². The molecule has 0 amide bonds. The summed E-state index contributed by atoms with van der Waals surface area (Å²) in [6.07, 6.45) is 1.04. The zero-order valence-electron chi connectivity index (χ0n) is 7.88. The summed E-state index contributed by atoms with van der Waals surface area (Å²) < 4.78 is 23.0. The van der Waals surface area contributed by atoms with E-state index in [1.54, 1.807) is 18.2 Å². The molecule has 0 bridgehead atoms. The van der Waals surface area contributed by atoms with Crippen LogP contribution in [0.25, 0.3) is 10.9 Å². The highest BCUT2D eigenvalue weighted by atomic mass is 79.9. The summed E-state index contributed by atoms with van der Waals surface area (Å²) in [4.78, 5) is 3.53. The van der Waals surface area contributed by atoms with Gasteiger partial charge in [-0.25, -0.2) is 13.6 Å². The van der Waals surface area contributed by atoms with Gasteiger partial charge in [0.25, 0.3) is 0 Å². The number of primary sulfonamides is 1. The van der Waals surface area contributed by atoms with Gasteiger partial charge in [-0.05, 0) is 18.2 Å². The van der Waals surface area contributed by atoms with Gasteiger partial charge in [0.05, 0.1) is 11.7 Å². The molecule has 0 radical (unpaired) electrons. The first-order chi connectivity index (χ1) is 7.39. The third kappa shape index (κ3) is 1.89. The molecule has 0 fully saturated rings. The molecule has 84 valence electrons. The summed E-state index contributed by atoms with van der Waals surface area (Å²) in [5.74, 6) is -0.381. The second-order valence-corrected chi connectivity index (χ2v) is 5.62. The third-order valence-corrected chi connectivity index (χ3v) is 3.48. The lowest BCUT2D eigenvalue weighted by Crippen LogP contribution is -2.12. The van der Waals surface area contributed by atoms with Crippen molar-refractivity contribution in [2.45, 2.75) is 4.90 Å². The Morgan fingerprint density at radius 2 is 2.06 bits per heavy atom. The van der Waals surface area contributed by atoms with Gasteiger partial charge in [0, 0.05) is 9.86 Å². The second-order valence-electron chi connectivity index (χ2n) is 3.18. The summed E-state index contributed by atoms with van der Waals surface area (Å²) in [7, 11) is -3.97. The molecule has 0 aliphatic carbocycles. The zero-order chi connectivity index (χ0) is 11.9. The number of hydrogen-bond donors (Lipinski definition) is 2. The molecule has 0 aliphatic heterocycles. The van der Waals surface area contributed by atoms with Gasteiger partial charge in [-0.15, -0.1) is 0 Å². The quantitative estimate of drug-likeness (QED) is 0.831. The lowest BCUT2D eigenvalue weighted by atomic mass is 10.2. The van der Waals surface area contributed by atoms with E-state index in [1.165, 1.54) is 0 Å². The van der Waals surface area contributed by atoms with Crippen molar-refractivity contribution in [3.05, 3.63) is 28.9 Å². The Labute approximate surface area is 100 Å². The van der Waals surface area contributed by atoms with Crippen LogP contribution in [-0.2, 0) is 10.0 Å². The van der Waals surface area contributed by atoms with Crippen molar-refractivity contribution in [3.63, 3.8) is 0 Å². The van der Waals surface area contributed by atoms with Crippen molar-refractivity contribution in [2.24, 2.45) is 5.14 Å². The topological polar surface area (TPSA) is 93.3 Å². The van der Waals surface area contributed by atoms with Crippen LogP contribution in [0.3, 0.4) is 0 Å². The molecule has 0 unspecified atom stereocenters. The van der Waals surface area contributed by atoms with Gasteiger partial charge in [-0.3, -0.25) is 4.98 Å². The van der Waals surface area contributed by atoms with E-state index in [9.17, 15) is 13.5 Å². The predicted molar refractivity (Wildman–Crippen MR) is 62.5 cm³/mol. The summed E-state index contributed by atoms with van der Waals surface area (Å²) in [5, 5.41) is 15.1. The number of benzene rings is 1. The molecule has 1 heterocycles. The fourth-order valence-electron chi connectivity index (χ4n) is 1.34. The predicted octanol–water partition coefficient (Wildman–Crippen LogP) is 1.35. The Kier molecular flexibility index (Phi) is 2.61. The fraction of sp³-hybridized carbons (Fsp3) is 0. The molecule has 1 aromatic carbocycles. The minimum absolute atomic E-state index is 0.334. The molecule has 0 saturated carbocycles. The van der Waals surface area contributed by atoms with Gasteiger partial charge in [-0.1, -0.05) is 15.9 Å². The van der Waals surface area contributed by atoms with Crippen molar-refractivity contribution in [1.29, 1.82) is 0 Å². The van der Waals surface area contributed by atoms with Gasteiger partial charge in [0.1, 0.15) is 10.6 Å². The number of nitrogens with zero attached hydrogens (tertiary/aromatic N) is 1. The molecule has 3 N–H and O–H groups in total. The molecule has 16 heavy (non-hydrogen) atoms. The standard InChI is InChI=1S/C9H7BrN2O3S/c10-5-1-2-7-6(3-5)9(13)8(4-12-7)16(11,14)15/h1-4H,(H,12,13)(H2,11,14,15). The average Bonchev–Trinajstić information content (AvgIpc) is 2.17. The SMILES string of the molecule is NS(=O)(=O)c1cnc2ccc(Br)cc2c1O.